The zero-order chi connectivity index (χ0) is 36.0. The number of carbonyl (C=O) groups excluding carboxylic acids is 2. The van der Waals surface area contributed by atoms with Gasteiger partial charge in [-0.05, 0) is 52.4 Å². The number of ether oxygens (including phenoxy) is 4. The molecule has 2 unspecified atom stereocenters. The largest absolute Gasteiger partial charge is 0.465 e. The molecule has 0 aliphatic rings. The van der Waals surface area contributed by atoms with Crippen molar-refractivity contribution in [3.05, 3.63) is 12.2 Å². The van der Waals surface area contributed by atoms with Gasteiger partial charge in [-0.1, -0.05) is 162 Å². The third-order valence-corrected chi connectivity index (χ3v) is 9.45. The van der Waals surface area contributed by atoms with Crippen LogP contribution in [0.4, 0.5) is 0 Å². The molecule has 0 fully saturated rings. The summed E-state index contributed by atoms with van der Waals surface area (Å²) in [5.41, 5.74) is 0.139. The Bertz CT molecular complexity index is 738. The first-order valence-electron chi connectivity index (χ1n) is 21.1. The van der Waals surface area contributed by atoms with Gasteiger partial charge in [-0.15, -0.1) is 0 Å². The Morgan fingerprint density at radius 1 is 0.449 bits per heavy atom. The Morgan fingerprint density at radius 2 is 0.776 bits per heavy atom. The lowest BCUT2D eigenvalue weighted by atomic mass is 10.1. The van der Waals surface area contributed by atoms with E-state index in [4.69, 9.17) is 18.9 Å². The van der Waals surface area contributed by atoms with Gasteiger partial charge in [0, 0.05) is 18.8 Å². The maximum absolute atomic E-state index is 12.2. The highest BCUT2D eigenvalue weighted by molar-refractivity contribution is 5.93. The van der Waals surface area contributed by atoms with Crippen molar-refractivity contribution < 1.29 is 28.5 Å². The predicted octanol–water partition coefficient (Wildman–Crippen LogP) is 12.8. The van der Waals surface area contributed by atoms with Crippen molar-refractivity contribution in [3.63, 3.8) is 0 Å². The summed E-state index contributed by atoms with van der Waals surface area (Å²) in [7, 11) is 0. The average Bonchev–Trinajstić information content (AvgIpc) is 3.09. The van der Waals surface area contributed by atoms with Crippen LogP contribution in [0.5, 0.6) is 0 Å². The molecule has 290 valence electrons. The lowest BCUT2D eigenvalue weighted by Gasteiger charge is -2.14. The molecule has 49 heavy (non-hydrogen) atoms. The Hall–Kier alpha value is -1.40. The molecule has 2 atom stereocenters. The van der Waals surface area contributed by atoms with Crippen molar-refractivity contribution >= 4 is 11.9 Å². The van der Waals surface area contributed by atoms with Crippen LogP contribution in [-0.4, -0.2) is 50.6 Å². The molecule has 0 aromatic heterocycles. The van der Waals surface area contributed by atoms with Crippen molar-refractivity contribution in [2.75, 3.05) is 26.4 Å². The fourth-order valence-electron chi connectivity index (χ4n) is 6.11. The topological polar surface area (TPSA) is 71.1 Å². The number of hydrogen-bond acceptors (Lipinski definition) is 6. The first kappa shape index (κ1) is 47.6. The lowest BCUT2D eigenvalue weighted by molar-refractivity contribution is -0.146. The SMILES string of the molecule is C=C(CC(=O)OCCCC(C)OCCCCCCCCCCCCCC)C(=O)OCCCC(C)OCCCCCCCCCCCCCC. The van der Waals surface area contributed by atoms with Crippen LogP contribution in [0.3, 0.4) is 0 Å². The molecule has 0 aromatic carbocycles. The fourth-order valence-corrected chi connectivity index (χ4v) is 6.11. The molecule has 0 radical (unpaired) electrons. The van der Waals surface area contributed by atoms with Crippen molar-refractivity contribution in [2.24, 2.45) is 0 Å². The van der Waals surface area contributed by atoms with E-state index in [1.54, 1.807) is 0 Å². The maximum Gasteiger partial charge on any atom is 0.333 e. The average molecular weight is 695 g/mol. The molecule has 0 spiro atoms. The van der Waals surface area contributed by atoms with Crippen LogP contribution in [0.25, 0.3) is 0 Å². The van der Waals surface area contributed by atoms with E-state index < -0.39 is 11.9 Å². The molecule has 0 saturated carbocycles. The summed E-state index contributed by atoms with van der Waals surface area (Å²) < 4.78 is 22.5. The van der Waals surface area contributed by atoms with Crippen LogP contribution in [-0.2, 0) is 28.5 Å². The van der Waals surface area contributed by atoms with Gasteiger partial charge in [0.2, 0.25) is 0 Å². The number of hydrogen-bond donors (Lipinski definition) is 0. The van der Waals surface area contributed by atoms with Gasteiger partial charge in [-0.3, -0.25) is 4.79 Å². The molecule has 0 rings (SSSR count). The third kappa shape index (κ3) is 36.2. The van der Waals surface area contributed by atoms with Crippen LogP contribution in [0.1, 0.15) is 214 Å². The summed E-state index contributed by atoms with van der Waals surface area (Å²) in [5, 5.41) is 0. The summed E-state index contributed by atoms with van der Waals surface area (Å²) >= 11 is 0. The van der Waals surface area contributed by atoms with Gasteiger partial charge in [-0.25, -0.2) is 4.79 Å². The van der Waals surface area contributed by atoms with E-state index in [1.807, 2.05) is 0 Å². The number of unbranched alkanes of at least 4 members (excludes halogenated alkanes) is 22. The summed E-state index contributed by atoms with van der Waals surface area (Å²) in [5.74, 6) is -0.964. The van der Waals surface area contributed by atoms with Gasteiger partial charge < -0.3 is 18.9 Å². The molecule has 6 heteroatoms. The second-order valence-corrected chi connectivity index (χ2v) is 14.6. The van der Waals surface area contributed by atoms with Crippen LogP contribution in [0.2, 0.25) is 0 Å². The molecule has 0 aliphatic heterocycles. The minimum atomic E-state index is -0.526. The third-order valence-electron chi connectivity index (χ3n) is 9.45. The minimum Gasteiger partial charge on any atom is -0.465 e. The van der Waals surface area contributed by atoms with E-state index in [1.165, 1.54) is 141 Å². The summed E-state index contributed by atoms with van der Waals surface area (Å²) in [6, 6.07) is 0. The Morgan fingerprint density at radius 3 is 1.14 bits per heavy atom. The van der Waals surface area contributed by atoms with E-state index in [9.17, 15) is 9.59 Å². The molecule has 0 amide bonds. The second kappa shape index (κ2) is 37.8. The van der Waals surface area contributed by atoms with Gasteiger partial charge >= 0.3 is 11.9 Å². The van der Waals surface area contributed by atoms with Crippen LogP contribution in [0.15, 0.2) is 12.2 Å². The predicted molar refractivity (Wildman–Crippen MR) is 207 cm³/mol. The van der Waals surface area contributed by atoms with Crippen molar-refractivity contribution in [1.29, 1.82) is 0 Å². The fraction of sp³-hybridized carbons (Fsp3) is 0.907. The summed E-state index contributed by atoms with van der Waals surface area (Å²) in [4.78, 5) is 24.4. The highest BCUT2D eigenvalue weighted by Gasteiger charge is 2.15. The molecule has 6 nitrogen and oxygen atoms in total. The molecule has 0 aliphatic carbocycles. The number of carbonyl (C=O) groups is 2. The summed E-state index contributed by atoms with van der Waals surface area (Å²) in [6.07, 6.45) is 35.5. The van der Waals surface area contributed by atoms with E-state index in [2.05, 4.69) is 34.3 Å². The highest BCUT2D eigenvalue weighted by atomic mass is 16.5. The van der Waals surface area contributed by atoms with E-state index in [-0.39, 0.29) is 24.2 Å². The Balaban J connectivity index is 3.56. The van der Waals surface area contributed by atoms with Crippen LogP contribution in [0, 0.1) is 0 Å². The summed E-state index contributed by atoms with van der Waals surface area (Å²) in [6.45, 7) is 14.6. The smallest absolute Gasteiger partial charge is 0.333 e. The Kier molecular flexibility index (Phi) is 36.8. The minimum absolute atomic E-state index is 0.137. The molecule has 0 heterocycles. The van der Waals surface area contributed by atoms with Gasteiger partial charge in [0.05, 0.1) is 31.8 Å². The molecule has 0 aromatic rings. The molecule has 0 bridgehead atoms. The van der Waals surface area contributed by atoms with Crippen LogP contribution >= 0.6 is 0 Å². The molecule has 0 saturated heterocycles. The molecular formula is C43H82O6. The quantitative estimate of drug-likeness (QED) is 0.0362. The van der Waals surface area contributed by atoms with Crippen molar-refractivity contribution in [2.45, 2.75) is 226 Å². The zero-order valence-electron chi connectivity index (χ0n) is 33.1. The highest BCUT2D eigenvalue weighted by Crippen LogP contribution is 2.14. The monoisotopic (exact) mass is 695 g/mol. The van der Waals surface area contributed by atoms with Gasteiger partial charge in [0.1, 0.15) is 0 Å². The van der Waals surface area contributed by atoms with Gasteiger partial charge in [0.15, 0.2) is 0 Å². The van der Waals surface area contributed by atoms with E-state index >= 15 is 0 Å². The standard InChI is InChI=1S/C43H82O6/c1-6-8-10-12-14-16-18-20-22-24-26-28-34-46-40(4)32-30-36-48-42(44)38-39(3)43(45)49-37-31-33-41(5)47-35-29-27-25-23-21-19-17-15-13-11-9-7-2/h40-41H,3,6-38H2,1-2,4-5H3. The van der Waals surface area contributed by atoms with Crippen LogP contribution < -0.4 is 0 Å². The first-order valence-corrected chi connectivity index (χ1v) is 21.1. The zero-order valence-corrected chi connectivity index (χ0v) is 33.1. The second-order valence-electron chi connectivity index (χ2n) is 14.6. The molecular weight excluding hydrogens is 612 g/mol. The van der Waals surface area contributed by atoms with Gasteiger partial charge in [0.25, 0.3) is 0 Å². The maximum atomic E-state index is 12.2. The Labute approximate surface area is 304 Å². The van der Waals surface area contributed by atoms with Crippen molar-refractivity contribution in [1.82, 2.24) is 0 Å². The van der Waals surface area contributed by atoms with Crippen molar-refractivity contribution in [3.8, 4) is 0 Å². The normalized spacial score (nSPS) is 12.6. The van der Waals surface area contributed by atoms with Gasteiger partial charge in [-0.2, -0.15) is 0 Å². The number of rotatable bonds is 39. The molecule has 0 N–H and O–H groups in total. The lowest BCUT2D eigenvalue weighted by Crippen LogP contribution is -2.16. The van der Waals surface area contributed by atoms with E-state index in [0.717, 1.165) is 51.7 Å². The van der Waals surface area contributed by atoms with E-state index in [0.29, 0.717) is 13.2 Å². The number of esters is 2. The first-order chi connectivity index (χ1) is 23.9.